The molecule has 0 unspecified atom stereocenters. The third-order valence-electron chi connectivity index (χ3n) is 4.20. The van der Waals surface area contributed by atoms with E-state index in [4.69, 9.17) is 4.74 Å². The molecule has 0 spiro atoms. The van der Waals surface area contributed by atoms with Crippen LogP contribution in [0, 0.1) is 13.8 Å². The average molecular weight is 432 g/mol. The Morgan fingerprint density at radius 3 is 2.79 bits per heavy atom. The second-order valence-electron chi connectivity index (χ2n) is 6.15. The molecule has 10 heteroatoms. The Morgan fingerprint density at radius 1 is 1.31 bits per heavy atom. The van der Waals surface area contributed by atoms with Gasteiger partial charge in [0.1, 0.15) is 5.00 Å². The summed E-state index contributed by atoms with van der Waals surface area (Å²) in [7, 11) is 1.84. The molecular formula is C19H21N5O3S2. The fourth-order valence-electron chi connectivity index (χ4n) is 2.64. The van der Waals surface area contributed by atoms with Crippen molar-refractivity contribution in [3.05, 3.63) is 40.5 Å². The first-order valence-electron chi connectivity index (χ1n) is 8.91. The van der Waals surface area contributed by atoms with E-state index in [0.29, 0.717) is 21.5 Å². The number of carbonyl (C=O) groups is 2. The van der Waals surface area contributed by atoms with E-state index in [-0.39, 0.29) is 18.3 Å². The molecule has 0 aliphatic carbocycles. The Morgan fingerprint density at radius 2 is 2.10 bits per heavy atom. The van der Waals surface area contributed by atoms with Crippen LogP contribution in [0.2, 0.25) is 0 Å². The molecule has 29 heavy (non-hydrogen) atoms. The van der Waals surface area contributed by atoms with Crippen LogP contribution < -0.4 is 5.32 Å². The first-order valence-corrected chi connectivity index (χ1v) is 10.7. The molecule has 0 saturated carbocycles. The minimum Gasteiger partial charge on any atom is -0.462 e. The van der Waals surface area contributed by atoms with E-state index < -0.39 is 5.97 Å². The number of pyridine rings is 1. The molecule has 152 valence electrons. The fourth-order valence-corrected chi connectivity index (χ4v) is 4.42. The van der Waals surface area contributed by atoms with Crippen molar-refractivity contribution >= 4 is 40.0 Å². The van der Waals surface area contributed by atoms with Gasteiger partial charge in [-0.25, -0.2) is 4.79 Å². The maximum atomic E-state index is 12.5. The molecule has 0 aliphatic heterocycles. The molecule has 1 amide bonds. The number of esters is 1. The number of ether oxygens (including phenoxy) is 1. The lowest BCUT2D eigenvalue weighted by Gasteiger charge is -2.07. The second kappa shape index (κ2) is 9.19. The van der Waals surface area contributed by atoms with Crippen molar-refractivity contribution in [3.8, 4) is 11.4 Å². The zero-order valence-corrected chi connectivity index (χ0v) is 18.2. The van der Waals surface area contributed by atoms with E-state index >= 15 is 0 Å². The molecule has 0 aromatic carbocycles. The average Bonchev–Trinajstić information content (AvgIpc) is 3.20. The van der Waals surface area contributed by atoms with Crippen molar-refractivity contribution in [2.24, 2.45) is 7.05 Å². The third kappa shape index (κ3) is 4.65. The first kappa shape index (κ1) is 21.0. The number of thiophene rings is 1. The zero-order chi connectivity index (χ0) is 21.0. The Hall–Kier alpha value is -2.72. The highest BCUT2D eigenvalue weighted by Crippen LogP contribution is 2.33. The van der Waals surface area contributed by atoms with Crippen LogP contribution in [0.5, 0.6) is 0 Å². The molecule has 3 rings (SSSR count). The summed E-state index contributed by atoms with van der Waals surface area (Å²) in [5.41, 5.74) is 2.10. The van der Waals surface area contributed by atoms with Crippen LogP contribution in [-0.2, 0) is 16.6 Å². The highest BCUT2D eigenvalue weighted by atomic mass is 32.2. The maximum Gasteiger partial charge on any atom is 0.341 e. The lowest BCUT2D eigenvalue weighted by atomic mass is 10.1. The molecule has 0 bridgehead atoms. The van der Waals surface area contributed by atoms with E-state index in [1.54, 1.807) is 19.3 Å². The van der Waals surface area contributed by atoms with Gasteiger partial charge in [-0.05, 0) is 38.5 Å². The summed E-state index contributed by atoms with van der Waals surface area (Å²) in [6.07, 6.45) is 3.40. The number of anilines is 1. The number of nitrogens with zero attached hydrogens (tertiary/aromatic N) is 4. The molecule has 0 radical (unpaired) electrons. The molecule has 3 aromatic heterocycles. The number of aryl methyl sites for hydroxylation is 1. The number of nitrogens with one attached hydrogen (secondary N) is 1. The van der Waals surface area contributed by atoms with Gasteiger partial charge in [0.05, 0.1) is 17.9 Å². The normalized spacial score (nSPS) is 10.8. The van der Waals surface area contributed by atoms with Crippen LogP contribution in [0.1, 0.15) is 27.7 Å². The number of hydrogen-bond acceptors (Lipinski definition) is 8. The summed E-state index contributed by atoms with van der Waals surface area (Å²) >= 11 is 2.64. The monoisotopic (exact) mass is 431 g/mol. The second-order valence-corrected chi connectivity index (χ2v) is 8.32. The molecule has 3 heterocycles. The van der Waals surface area contributed by atoms with Gasteiger partial charge >= 0.3 is 5.97 Å². The van der Waals surface area contributed by atoms with E-state index in [0.717, 1.165) is 16.0 Å². The largest absolute Gasteiger partial charge is 0.462 e. The van der Waals surface area contributed by atoms with Gasteiger partial charge in [-0.1, -0.05) is 11.8 Å². The van der Waals surface area contributed by atoms with Crippen molar-refractivity contribution in [3.63, 3.8) is 0 Å². The van der Waals surface area contributed by atoms with Crippen LogP contribution in [0.15, 0.2) is 29.7 Å². The first-order chi connectivity index (χ1) is 13.9. The van der Waals surface area contributed by atoms with E-state index in [9.17, 15) is 9.59 Å². The van der Waals surface area contributed by atoms with E-state index in [1.807, 2.05) is 37.6 Å². The quantitative estimate of drug-likeness (QED) is 0.452. The molecule has 8 nitrogen and oxygen atoms in total. The molecule has 0 fully saturated rings. The van der Waals surface area contributed by atoms with Crippen LogP contribution >= 0.6 is 23.1 Å². The van der Waals surface area contributed by atoms with Gasteiger partial charge in [0.2, 0.25) is 5.91 Å². The smallest absolute Gasteiger partial charge is 0.341 e. The summed E-state index contributed by atoms with van der Waals surface area (Å²) in [5, 5.41) is 12.3. The van der Waals surface area contributed by atoms with Gasteiger partial charge in [-0.3, -0.25) is 9.78 Å². The number of rotatable bonds is 7. The summed E-state index contributed by atoms with van der Waals surface area (Å²) in [6, 6.07) is 3.73. The highest BCUT2D eigenvalue weighted by Gasteiger charge is 2.22. The SMILES string of the molecule is CCOC(=O)c1c(NC(=O)CSc2nnc(-c3cccnc3)n2C)sc(C)c1C. The molecule has 1 N–H and O–H groups in total. The maximum absolute atomic E-state index is 12.5. The van der Waals surface area contributed by atoms with Gasteiger partial charge in [0, 0.05) is 29.9 Å². The van der Waals surface area contributed by atoms with Crippen LogP contribution in [0.25, 0.3) is 11.4 Å². The van der Waals surface area contributed by atoms with Crippen molar-refractivity contribution in [1.82, 2.24) is 19.7 Å². The Balaban J connectivity index is 1.68. The summed E-state index contributed by atoms with van der Waals surface area (Å²) in [6.45, 7) is 5.79. The standard InChI is InChI=1S/C19H21N5O3S2/c1-5-27-18(26)15-11(2)12(3)29-17(15)21-14(25)10-28-19-23-22-16(24(19)4)13-7-6-8-20-9-13/h6-9H,5,10H2,1-4H3,(H,21,25). The van der Waals surface area contributed by atoms with Gasteiger partial charge in [0.15, 0.2) is 11.0 Å². The lowest BCUT2D eigenvalue weighted by Crippen LogP contribution is -2.16. The van der Waals surface area contributed by atoms with Crippen LogP contribution in [0.3, 0.4) is 0 Å². The summed E-state index contributed by atoms with van der Waals surface area (Å²) in [4.78, 5) is 29.8. The van der Waals surface area contributed by atoms with Crippen molar-refractivity contribution in [2.75, 3.05) is 17.7 Å². The topological polar surface area (TPSA) is 99.0 Å². The lowest BCUT2D eigenvalue weighted by molar-refractivity contribution is -0.113. The number of carbonyl (C=O) groups excluding carboxylic acids is 2. The minimum atomic E-state index is -0.424. The minimum absolute atomic E-state index is 0.136. The summed E-state index contributed by atoms with van der Waals surface area (Å²) < 4.78 is 6.94. The molecule has 0 aliphatic rings. The van der Waals surface area contributed by atoms with E-state index in [1.165, 1.54) is 23.1 Å². The van der Waals surface area contributed by atoms with Crippen LogP contribution in [-0.4, -0.2) is 44.0 Å². The Kier molecular flexibility index (Phi) is 6.65. The molecule has 0 atom stereocenters. The highest BCUT2D eigenvalue weighted by molar-refractivity contribution is 7.99. The molecule has 0 saturated heterocycles. The number of hydrogen-bond donors (Lipinski definition) is 1. The molecular weight excluding hydrogens is 410 g/mol. The van der Waals surface area contributed by atoms with Crippen molar-refractivity contribution < 1.29 is 14.3 Å². The Bertz CT molecular complexity index is 1030. The number of amides is 1. The van der Waals surface area contributed by atoms with Gasteiger partial charge in [-0.15, -0.1) is 21.5 Å². The predicted molar refractivity (Wildman–Crippen MR) is 113 cm³/mol. The predicted octanol–water partition coefficient (Wildman–Crippen LogP) is 3.46. The van der Waals surface area contributed by atoms with Crippen LogP contribution in [0.4, 0.5) is 5.00 Å². The zero-order valence-electron chi connectivity index (χ0n) is 16.6. The molecule has 3 aromatic rings. The van der Waals surface area contributed by atoms with Crippen molar-refractivity contribution in [2.45, 2.75) is 25.9 Å². The number of thioether (sulfide) groups is 1. The van der Waals surface area contributed by atoms with Crippen molar-refractivity contribution in [1.29, 1.82) is 0 Å². The van der Waals surface area contributed by atoms with Gasteiger partial charge in [-0.2, -0.15) is 0 Å². The van der Waals surface area contributed by atoms with Gasteiger partial charge in [0.25, 0.3) is 0 Å². The van der Waals surface area contributed by atoms with E-state index in [2.05, 4.69) is 20.5 Å². The third-order valence-corrected chi connectivity index (χ3v) is 6.35. The number of aromatic nitrogens is 4. The van der Waals surface area contributed by atoms with Gasteiger partial charge < -0.3 is 14.6 Å². The Labute approximate surface area is 176 Å². The summed E-state index contributed by atoms with van der Waals surface area (Å²) in [5.74, 6) is 0.159. The fraction of sp³-hybridized carbons (Fsp3) is 0.316.